The molecule has 0 aromatic heterocycles. The highest BCUT2D eigenvalue weighted by Crippen LogP contribution is 2.59. The molecule has 0 heterocycles. The molecular weight excluding hydrogens is 499 g/mol. The molecular formula is C27H51IO3. The second-order valence-corrected chi connectivity index (χ2v) is 13.0. The van der Waals surface area contributed by atoms with E-state index in [-0.39, 0.29) is 6.10 Å². The van der Waals surface area contributed by atoms with Gasteiger partial charge in [-0.15, -0.1) is 0 Å². The second kappa shape index (κ2) is 13.5. The van der Waals surface area contributed by atoms with Crippen LogP contribution >= 0.6 is 22.6 Å². The minimum absolute atomic E-state index is 0.175. The molecule has 2 unspecified atom stereocenters. The standard InChI is InChI=1S/C27H51IO3/c1-5-20-11-13-21(14-12-20)26(31)17-22(19(4)28)9-8-10-24(29)25(30)16-15-23-18-27(23,6-2)7-3/h19-26,29-31H,5-18H2,1-4H3/t19-,20?,21?,22+,23+,24?,25-,26?/m1/s1. The number of halogens is 1. The number of hydrogen-bond acceptors (Lipinski definition) is 3. The first kappa shape index (κ1) is 27.9. The monoisotopic (exact) mass is 550 g/mol. The van der Waals surface area contributed by atoms with Crippen LogP contribution in [0.3, 0.4) is 0 Å². The molecule has 0 saturated heterocycles. The van der Waals surface area contributed by atoms with Gasteiger partial charge in [-0.3, -0.25) is 0 Å². The van der Waals surface area contributed by atoms with Crippen molar-refractivity contribution in [3.63, 3.8) is 0 Å². The van der Waals surface area contributed by atoms with Gasteiger partial charge in [-0.05, 0) is 80.5 Å². The van der Waals surface area contributed by atoms with Gasteiger partial charge in [0, 0.05) is 3.92 Å². The van der Waals surface area contributed by atoms with Gasteiger partial charge in [0.25, 0.3) is 0 Å². The number of aliphatic hydroxyl groups excluding tert-OH is 3. The molecule has 2 rings (SSSR count). The third-order valence-corrected chi connectivity index (χ3v) is 10.3. The van der Waals surface area contributed by atoms with Crippen LogP contribution in [-0.4, -0.2) is 37.6 Å². The maximum atomic E-state index is 10.9. The van der Waals surface area contributed by atoms with Crippen LogP contribution in [0.15, 0.2) is 0 Å². The summed E-state index contributed by atoms with van der Waals surface area (Å²) >= 11 is 2.50. The van der Waals surface area contributed by atoms with Crippen molar-refractivity contribution in [2.45, 2.75) is 140 Å². The van der Waals surface area contributed by atoms with Crippen LogP contribution in [-0.2, 0) is 0 Å². The van der Waals surface area contributed by atoms with E-state index in [1.54, 1.807) is 0 Å². The molecule has 0 amide bonds. The summed E-state index contributed by atoms with van der Waals surface area (Å²) in [7, 11) is 0. The highest BCUT2D eigenvalue weighted by atomic mass is 127. The van der Waals surface area contributed by atoms with Crippen molar-refractivity contribution >= 4 is 22.6 Å². The Hall–Kier alpha value is 0.610. The van der Waals surface area contributed by atoms with E-state index in [9.17, 15) is 15.3 Å². The smallest absolute Gasteiger partial charge is 0.0799 e. The number of hydrogen-bond donors (Lipinski definition) is 3. The molecule has 0 aromatic rings. The number of alkyl halides is 1. The maximum Gasteiger partial charge on any atom is 0.0799 e. The lowest BCUT2D eigenvalue weighted by Gasteiger charge is -2.33. The molecule has 2 fully saturated rings. The first-order chi connectivity index (χ1) is 14.8. The summed E-state index contributed by atoms with van der Waals surface area (Å²) in [6.07, 6.45) is 14.0. The summed E-state index contributed by atoms with van der Waals surface area (Å²) in [5, 5.41) is 31.8. The fraction of sp³-hybridized carbons (Fsp3) is 1.00. The van der Waals surface area contributed by atoms with Gasteiger partial charge in [0.05, 0.1) is 18.3 Å². The summed E-state index contributed by atoms with van der Waals surface area (Å²) in [5.41, 5.74) is 0.533. The van der Waals surface area contributed by atoms with E-state index >= 15 is 0 Å². The van der Waals surface area contributed by atoms with Gasteiger partial charge in [0.2, 0.25) is 0 Å². The molecule has 6 atom stereocenters. The van der Waals surface area contributed by atoms with Gasteiger partial charge < -0.3 is 15.3 Å². The predicted octanol–water partition coefficient (Wildman–Crippen LogP) is 6.89. The quantitative estimate of drug-likeness (QED) is 0.154. The average molecular weight is 551 g/mol. The maximum absolute atomic E-state index is 10.9. The molecule has 31 heavy (non-hydrogen) atoms. The van der Waals surface area contributed by atoms with E-state index in [1.165, 1.54) is 51.4 Å². The Labute approximate surface area is 206 Å². The Morgan fingerprint density at radius 3 is 2.03 bits per heavy atom. The Morgan fingerprint density at radius 1 is 0.903 bits per heavy atom. The van der Waals surface area contributed by atoms with Crippen molar-refractivity contribution < 1.29 is 15.3 Å². The van der Waals surface area contributed by atoms with Crippen molar-refractivity contribution in [2.75, 3.05) is 0 Å². The number of aliphatic hydroxyl groups is 3. The zero-order chi connectivity index (χ0) is 23.0. The summed E-state index contributed by atoms with van der Waals surface area (Å²) in [4.78, 5) is 0. The zero-order valence-electron chi connectivity index (χ0n) is 20.7. The van der Waals surface area contributed by atoms with E-state index in [0.29, 0.717) is 27.6 Å². The summed E-state index contributed by atoms with van der Waals surface area (Å²) in [6, 6.07) is 0. The molecule has 0 spiro atoms. The van der Waals surface area contributed by atoms with Gasteiger partial charge in [-0.2, -0.15) is 0 Å². The van der Waals surface area contributed by atoms with Crippen molar-refractivity contribution in [1.82, 2.24) is 0 Å². The molecule has 0 aromatic carbocycles. The molecule has 3 nitrogen and oxygen atoms in total. The van der Waals surface area contributed by atoms with Crippen molar-refractivity contribution in [3.8, 4) is 0 Å². The summed E-state index contributed by atoms with van der Waals surface area (Å²) in [6.45, 7) is 9.11. The van der Waals surface area contributed by atoms with Gasteiger partial charge in [0.15, 0.2) is 0 Å². The topological polar surface area (TPSA) is 60.7 Å². The summed E-state index contributed by atoms with van der Waals surface area (Å²) in [5.74, 6) is 2.59. The van der Waals surface area contributed by atoms with Gasteiger partial charge in [-0.25, -0.2) is 0 Å². The van der Waals surface area contributed by atoms with Gasteiger partial charge >= 0.3 is 0 Å². The van der Waals surface area contributed by atoms with E-state index in [2.05, 4.69) is 50.3 Å². The van der Waals surface area contributed by atoms with Crippen LogP contribution in [0.5, 0.6) is 0 Å². The van der Waals surface area contributed by atoms with Crippen LogP contribution in [0.4, 0.5) is 0 Å². The van der Waals surface area contributed by atoms with Crippen molar-refractivity contribution in [1.29, 1.82) is 0 Å². The average Bonchev–Trinajstić information content (AvgIpc) is 3.50. The molecule has 0 radical (unpaired) electrons. The minimum atomic E-state index is -0.601. The van der Waals surface area contributed by atoms with Gasteiger partial charge in [-0.1, -0.05) is 88.8 Å². The Bertz CT molecular complexity index is 485. The first-order valence-corrected chi connectivity index (χ1v) is 14.7. The van der Waals surface area contributed by atoms with Crippen molar-refractivity contribution in [2.24, 2.45) is 29.1 Å². The zero-order valence-corrected chi connectivity index (χ0v) is 22.9. The van der Waals surface area contributed by atoms with Crippen LogP contribution in [0.25, 0.3) is 0 Å². The molecule has 4 heteroatoms. The third kappa shape index (κ3) is 8.40. The molecule has 2 aliphatic carbocycles. The summed E-state index contributed by atoms with van der Waals surface area (Å²) < 4.78 is 0.521. The lowest BCUT2D eigenvalue weighted by atomic mass is 9.76. The SMILES string of the molecule is CCC1CCC(C(O)C[C@H](CCCC(O)[C@H](O)CC[C@H]2CC2(CC)CC)[C@@H](C)I)CC1. The van der Waals surface area contributed by atoms with Crippen LogP contribution in [0.1, 0.15) is 118 Å². The first-order valence-electron chi connectivity index (χ1n) is 13.4. The molecule has 184 valence electrons. The van der Waals surface area contributed by atoms with Crippen molar-refractivity contribution in [3.05, 3.63) is 0 Å². The van der Waals surface area contributed by atoms with E-state index in [0.717, 1.165) is 43.9 Å². The Morgan fingerprint density at radius 2 is 1.52 bits per heavy atom. The largest absolute Gasteiger partial charge is 0.393 e. The molecule has 0 bridgehead atoms. The molecule has 2 aliphatic rings. The fourth-order valence-corrected chi connectivity index (χ4v) is 6.97. The van der Waals surface area contributed by atoms with Crippen LogP contribution in [0, 0.1) is 29.1 Å². The lowest BCUT2D eigenvalue weighted by molar-refractivity contribution is 0.00468. The van der Waals surface area contributed by atoms with Crippen LogP contribution < -0.4 is 0 Å². The highest BCUT2D eigenvalue weighted by Gasteiger charge is 2.50. The fourth-order valence-electron chi connectivity index (χ4n) is 6.32. The Kier molecular flexibility index (Phi) is 12.1. The van der Waals surface area contributed by atoms with Gasteiger partial charge in [0.1, 0.15) is 0 Å². The normalized spacial score (nSPS) is 30.4. The van der Waals surface area contributed by atoms with E-state index < -0.39 is 12.2 Å². The second-order valence-electron chi connectivity index (χ2n) is 11.0. The predicted molar refractivity (Wildman–Crippen MR) is 140 cm³/mol. The van der Waals surface area contributed by atoms with E-state index in [4.69, 9.17) is 0 Å². The third-order valence-electron chi connectivity index (χ3n) is 9.30. The Balaban J connectivity index is 1.66. The molecule has 2 saturated carbocycles. The highest BCUT2D eigenvalue weighted by molar-refractivity contribution is 14.1. The minimum Gasteiger partial charge on any atom is -0.393 e. The molecule has 3 N–H and O–H groups in total. The van der Waals surface area contributed by atoms with E-state index in [1.807, 2.05) is 0 Å². The number of rotatable bonds is 15. The molecule has 0 aliphatic heterocycles. The van der Waals surface area contributed by atoms with Crippen LogP contribution in [0.2, 0.25) is 0 Å². The lowest BCUT2D eigenvalue weighted by Crippen LogP contribution is -2.30.